The van der Waals surface area contributed by atoms with Gasteiger partial charge in [-0.05, 0) is 44.6 Å². The first-order chi connectivity index (χ1) is 6.45. The van der Waals surface area contributed by atoms with Crippen LogP contribution in [0.5, 0.6) is 0 Å². The molecule has 2 fully saturated rings. The Labute approximate surface area is 81.6 Å². The van der Waals surface area contributed by atoms with E-state index in [4.69, 9.17) is 0 Å². The van der Waals surface area contributed by atoms with Crippen LogP contribution in [0.3, 0.4) is 0 Å². The summed E-state index contributed by atoms with van der Waals surface area (Å²) in [5.41, 5.74) is 0. The maximum atomic E-state index is 3.53. The number of hydrogen-bond acceptors (Lipinski definition) is 1. The van der Waals surface area contributed by atoms with Gasteiger partial charge in [-0.3, -0.25) is 0 Å². The highest BCUT2D eigenvalue weighted by Gasteiger charge is 2.19. The lowest BCUT2D eigenvalue weighted by Crippen LogP contribution is -2.16. The Morgan fingerprint density at radius 1 is 1.08 bits per heavy atom. The topological polar surface area (TPSA) is 12.0 Å². The zero-order valence-corrected chi connectivity index (χ0v) is 8.47. The molecule has 0 aromatic heterocycles. The van der Waals surface area contributed by atoms with E-state index in [1.54, 1.807) is 0 Å². The minimum atomic E-state index is 0.875. The smallest absolute Gasteiger partial charge is 0.00683 e. The van der Waals surface area contributed by atoms with Crippen molar-refractivity contribution in [3.8, 4) is 0 Å². The molecule has 0 aromatic carbocycles. The van der Waals surface area contributed by atoms with Gasteiger partial charge in [0.2, 0.25) is 0 Å². The molecule has 0 bridgehead atoms. The van der Waals surface area contributed by atoms with E-state index in [1.807, 2.05) is 0 Å². The summed E-state index contributed by atoms with van der Waals surface area (Å²) in [6.07, 6.45) is 14.7. The monoisotopic (exact) mass is 179 g/mol. The average Bonchev–Trinajstić information content (AvgIpc) is 2.81. The van der Waals surface area contributed by atoms with Crippen molar-refractivity contribution < 1.29 is 0 Å². The van der Waals surface area contributed by atoms with Gasteiger partial charge in [-0.15, -0.1) is 0 Å². The molecular formula is C12H21N. The molecule has 0 amide bonds. The van der Waals surface area contributed by atoms with Crippen LogP contribution in [0.1, 0.15) is 44.9 Å². The fourth-order valence-corrected chi connectivity index (χ4v) is 2.10. The molecule has 74 valence electrons. The molecule has 2 rings (SSSR count). The number of rotatable bonds is 5. The van der Waals surface area contributed by atoms with Crippen LogP contribution in [0.25, 0.3) is 0 Å². The molecule has 0 aromatic rings. The number of hydrogen-bond donors (Lipinski definition) is 1. The molecule has 13 heavy (non-hydrogen) atoms. The quantitative estimate of drug-likeness (QED) is 0.505. The summed E-state index contributed by atoms with van der Waals surface area (Å²) in [4.78, 5) is 0. The fourth-order valence-electron chi connectivity index (χ4n) is 2.10. The molecule has 0 unspecified atom stereocenters. The van der Waals surface area contributed by atoms with Gasteiger partial charge in [0.1, 0.15) is 0 Å². The Morgan fingerprint density at radius 3 is 2.54 bits per heavy atom. The van der Waals surface area contributed by atoms with E-state index in [0.717, 1.165) is 12.0 Å². The highest BCUT2D eigenvalue weighted by atomic mass is 14.9. The minimum absolute atomic E-state index is 0.875. The van der Waals surface area contributed by atoms with Crippen molar-refractivity contribution in [3.05, 3.63) is 12.2 Å². The third-order valence-electron chi connectivity index (χ3n) is 3.13. The summed E-state index contributed by atoms with van der Waals surface area (Å²) in [6, 6.07) is 0.875. The molecule has 0 saturated heterocycles. The molecule has 0 aliphatic heterocycles. The van der Waals surface area contributed by atoms with Gasteiger partial charge in [-0.25, -0.2) is 0 Å². The van der Waals surface area contributed by atoms with E-state index in [0.29, 0.717) is 0 Å². The van der Waals surface area contributed by atoms with Crippen molar-refractivity contribution in [2.24, 2.45) is 5.92 Å². The van der Waals surface area contributed by atoms with Crippen molar-refractivity contribution in [1.82, 2.24) is 5.32 Å². The normalized spacial score (nSPS) is 24.6. The molecule has 1 N–H and O–H groups in total. The molecule has 0 heterocycles. The van der Waals surface area contributed by atoms with E-state index in [2.05, 4.69) is 17.5 Å². The van der Waals surface area contributed by atoms with Crippen LogP contribution in [0, 0.1) is 5.92 Å². The van der Waals surface area contributed by atoms with Crippen LogP contribution in [-0.2, 0) is 0 Å². The second-order valence-corrected chi connectivity index (χ2v) is 4.49. The van der Waals surface area contributed by atoms with Gasteiger partial charge in [0.05, 0.1) is 0 Å². The predicted molar refractivity (Wildman–Crippen MR) is 56.7 cm³/mol. The SMILES string of the molecule is C(=CC1CCCC1)CCNC1CC1. The van der Waals surface area contributed by atoms with Crippen molar-refractivity contribution in [3.63, 3.8) is 0 Å². The van der Waals surface area contributed by atoms with E-state index >= 15 is 0 Å². The Hall–Kier alpha value is -0.300. The van der Waals surface area contributed by atoms with Crippen molar-refractivity contribution >= 4 is 0 Å². The lowest BCUT2D eigenvalue weighted by atomic mass is 10.1. The van der Waals surface area contributed by atoms with Crippen LogP contribution in [0.4, 0.5) is 0 Å². The van der Waals surface area contributed by atoms with Gasteiger partial charge < -0.3 is 5.32 Å². The Bertz CT molecular complexity index is 164. The summed E-state index contributed by atoms with van der Waals surface area (Å²) in [6.45, 7) is 1.19. The number of nitrogens with one attached hydrogen (secondary N) is 1. The maximum absolute atomic E-state index is 3.53. The summed E-state index contributed by atoms with van der Waals surface area (Å²) >= 11 is 0. The zero-order valence-electron chi connectivity index (χ0n) is 8.47. The van der Waals surface area contributed by atoms with Crippen LogP contribution < -0.4 is 5.32 Å². The molecule has 2 saturated carbocycles. The average molecular weight is 179 g/mol. The van der Waals surface area contributed by atoms with E-state index in [9.17, 15) is 0 Å². The molecule has 1 nitrogen and oxygen atoms in total. The first-order valence-electron chi connectivity index (χ1n) is 5.85. The standard InChI is InChI=1S/C12H21N/c1-2-6-11(5-1)7-3-4-10-13-12-8-9-12/h3,7,11-13H,1-2,4-6,8-10H2. The second-order valence-electron chi connectivity index (χ2n) is 4.49. The number of allylic oxidation sites excluding steroid dienone is 1. The molecule has 2 aliphatic rings. The van der Waals surface area contributed by atoms with Crippen LogP contribution in [0.2, 0.25) is 0 Å². The molecule has 2 aliphatic carbocycles. The van der Waals surface area contributed by atoms with E-state index in [-0.39, 0.29) is 0 Å². The van der Waals surface area contributed by atoms with Crippen molar-refractivity contribution in [2.45, 2.75) is 51.0 Å². The Morgan fingerprint density at radius 2 is 1.85 bits per heavy atom. The van der Waals surface area contributed by atoms with E-state index in [1.165, 1.54) is 51.5 Å². The van der Waals surface area contributed by atoms with Crippen LogP contribution >= 0.6 is 0 Å². The van der Waals surface area contributed by atoms with Gasteiger partial charge in [-0.1, -0.05) is 25.0 Å². The lowest BCUT2D eigenvalue weighted by molar-refractivity contribution is 0.667. The van der Waals surface area contributed by atoms with Gasteiger partial charge in [0.15, 0.2) is 0 Å². The minimum Gasteiger partial charge on any atom is -0.314 e. The zero-order chi connectivity index (χ0) is 8.93. The molecule has 0 radical (unpaired) electrons. The first kappa shape index (κ1) is 9.26. The van der Waals surface area contributed by atoms with Crippen molar-refractivity contribution in [1.29, 1.82) is 0 Å². The maximum Gasteiger partial charge on any atom is 0.00683 e. The predicted octanol–water partition coefficient (Wildman–Crippen LogP) is 2.87. The Balaban J connectivity index is 1.50. The van der Waals surface area contributed by atoms with Crippen LogP contribution in [0.15, 0.2) is 12.2 Å². The Kier molecular flexibility index (Phi) is 3.42. The highest BCUT2D eigenvalue weighted by molar-refractivity contribution is 4.91. The van der Waals surface area contributed by atoms with Crippen LogP contribution in [-0.4, -0.2) is 12.6 Å². The van der Waals surface area contributed by atoms with Gasteiger partial charge in [0, 0.05) is 6.04 Å². The third kappa shape index (κ3) is 3.51. The molecule has 0 atom stereocenters. The summed E-state index contributed by atoms with van der Waals surface area (Å²) in [5, 5.41) is 3.53. The lowest BCUT2D eigenvalue weighted by Gasteiger charge is -2.01. The molecular weight excluding hydrogens is 158 g/mol. The van der Waals surface area contributed by atoms with Gasteiger partial charge >= 0.3 is 0 Å². The fraction of sp³-hybridized carbons (Fsp3) is 0.833. The first-order valence-corrected chi connectivity index (χ1v) is 5.85. The summed E-state index contributed by atoms with van der Waals surface area (Å²) in [5.74, 6) is 0.918. The summed E-state index contributed by atoms with van der Waals surface area (Å²) < 4.78 is 0. The summed E-state index contributed by atoms with van der Waals surface area (Å²) in [7, 11) is 0. The highest BCUT2D eigenvalue weighted by Crippen LogP contribution is 2.25. The molecule has 1 heteroatoms. The third-order valence-corrected chi connectivity index (χ3v) is 3.13. The largest absolute Gasteiger partial charge is 0.314 e. The second kappa shape index (κ2) is 4.80. The molecule has 0 spiro atoms. The van der Waals surface area contributed by atoms with E-state index < -0.39 is 0 Å². The van der Waals surface area contributed by atoms with Gasteiger partial charge in [-0.2, -0.15) is 0 Å². The van der Waals surface area contributed by atoms with Crippen molar-refractivity contribution in [2.75, 3.05) is 6.54 Å². The van der Waals surface area contributed by atoms with Gasteiger partial charge in [0.25, 0.3) is 0 Å².